The second-order valence-electron chi connectivity index (χ2n) is 4.77. The fourth-order valence-electron chi connectivity index (χ4n) is 2.12. The first-order valence-corrected chi connectivity index (χ1v) is 7.31. The molecule has 0 radical (unpaired) electrons. The Balaban J connectivity index is 2.01. The molecular weight excluding hydrogens is 323 g/mol. The molecule has 0 aliphatic rings. The van der Waals surface area contributed by atoms with E-state index in [2.05, 4.69) is 10.1 Å². The summed E-state index contributed by atoms with van der Waals surface area (Å²) in [4.78, 5) is 16.5. The fourth-order valence-corrected chi connectivity index (χ4v) is 2.59. The van der Waals surface area contributed by atoms with Crippen LogP contribution in [0.4, 0.5) is 0 Å². The van der Waals surface area contributed by atoms with Gasteiger partial charge in [-0.1, -0.05) is 35.3 Å². The van der Waals surface area contributed by atoms with E-state index < -0.39 is 0 Å². The number of rotatable bonds is 3. The van der Waals surface area contributed by atoms with Crippen LogP contribution in [0.25, 0.3) is 11.5 Å². The molecule has 0 aliphatic carbocycles. The zero-order valence-corrected chi connectivity index (χ0v) is 13.2. The second-order valence-corrected chi connectivity index (χ2v) is 5.62. The van der Waals surface area contributed by atoms with Gasteiger partial charge in [0.15, 0.2) is 5.82 Å². The van der Waals surface area contributed by atoms with Gasteiger partial charge in [-0.05, 0) is 29.8 Å². The molecule has 2 heterocycles. The molecule has 0 unspecified atom stereocenters. The minimum absolute atomic E-state index is 0.230. The van der Waals surface area contributed by atoms with E-state index in [1.54, 1.807) is 37.5 Å². The zero-order valence-electron chi connectivity index (χ0n) is 11.7. The molecule has 0 spiro atoms. The lowest BCUT2D eigenvalue weighted by atomic mass is 10.2. The van der Waals surface area contributed by atoms with E-state index in [9.17, 15) is 4.79 Å². The minimum atomic E-state index is -0.230. The molecule has 0 N–H and O–H groups in total. The van der Waals surface area contributed by atoms with Gasteiger partial charge in [-0.2, -0.15) is 0 Å². The summed E-state index contributed by atoms with van der Waals surface area (Å²) in [7, 11) is 1.67. The van der Waals surface area contributed by atoms with Crippen LogP contribution >= 0.6 is 23.2 Å². The normalized spacial score (nSPS) is 10.9. The Morgan fingerprint density at radius 2 is 2.00 bits per heavy atom. The van der Waals surface area contributed by atoms with E-state index in [1.807, 2.05) is 12.1 Å². The molecule has 22 heavy (non-hydrogen) atoms. The third-order valence-corrected chi connectivity index (χ3v) is 3.86. The number of hydrogen-bond acceptors (Lipinski definition) is 3. The van der Waals surface area contributed by atoms with E-state index in [1.165, 1.54) is 9.25 Å². The first kappa shape index (κ1) is 14.8. The first-order chi connectivity index (χ1) is 10.6. The molecule has 0 atom stereocenters. The first-order valence-electron chi connectivity index (χ1n) is 6.55. The molecular formula is C15H12Cl2N4O. The Morgan fingerprint density at radius 3 is 2.68 bits per heavy atom. The van der Waals surface area contributed by atoms with Gasteiger partial charge in [0.1, 0.15) is 5.69 Å². The average Bonchev–Trinajstić information content (AvgIpc) is 2.79. The molecule has 5 nitrogen and oxygen atoms in total. The standard InChI is InChI=1S/C15H12Cl2N4O/c1-20-14(13-4-2-3-7-18-13)19-21(15(20)22)9-10-5-6-11(16)8-12(10)17/h2-8H,9H2,1H3. The third kappa shape index (κ3) is 2.77. The van der Waals surface area contributed by atoms with Crippen molar-refractivity contribution in [2.45, 2.75) is 6.54 Å². The average molecular weight is 335 g/mol. The molecule has 2 aromatic heterocycles. The molecule has 3 rings (SSSR count). The van der Waals surface area contributed by atoms with Gasteiger partial charge in [-0.25, -0.2) is 9.48 Å². The summed E-state index contributed by atoms with van der Waals surface area (Å²) in [6, 6.07) is 10.6. The number of aromatic nitrogens is 4. The van der Waals surface area contributed by atoms with Crippen molar-refractivity contribution in [3.8, 4) is 11.5 Å². The topological polar surface area (TPSA) is 52.7 Å². The third-order valence-electron chi connectivity index (χ3n) is 3.27. The molecule has 0 amide bonds. The molecule has 3 aromatic rings. The lowest BCUT2D eigenvalue weighted by molar-refractivity contribution is 0.647. The Labute approximate surface area is 136 Å². The van der Waals surface area contributed by atoms with Crippen molar-refractivity contribution < 1.29 is 0 Å². The van der Waals surface area contributed by atoms with Gasteiger partial charge in [0.2, 0.25) is 0 Å². The highest BCUT2D eigenvalue weighted by atomic mass is 35.5. The van der Waals surface area contributed by atoms with Crippen molar-refractivity contribution in [3.05, 3.63) is 68.7 Å². The lowest BCUT2D eigenvalue weighted by Gasteiger charge is -2.03. The van der Waals surface area contributed by atoms with Gasteiger partial charge in [0.25, 0.3) is 0 Å². The number of halogens is 2. The van der Waals surface area contributed by atoms with Gasteiger partial charge in [-0.15, -0.1) is 5.10 Å². The van der Waals surface area contributed by atoms with Crippen LogP contribution in [0.1, 0.15) is 5.56 Å². The summed E-state index contributed by atoms with van der Waals surface area (Å²) >= 11 is 12.0. The molecule has 0 fully saturated rings. The fraction of sp³-hybridized carbons (Fsp3) is 0.133. The Hall–Kier alpha value is -2.11. The van der Waals surface area contributed by atoms with Gasteiger partial charge in [0, 0.05) is 23.3 Å². The quantitative estimate of drug-likeness (QED) is 0.739. The van der Waals surface area contributed by atoms with E-state index in [0.717, 1.165) is 5.56 Å². The summed E-state index contributed by atoms with van der Waals surface area (Å²) < 4.78 is 2.82. The SMILES string of the molecule is Cn1c(-c2ccccn2)nn(Cc2ccc(Cl)cc2Cl)c1=O. The maximum Gasteiger partial charge on any atom is 0.346 e. The van der Waals surface area contributed by atoms with E-state index in [0.29, 0.717) is 21.6 Å². The van der Waals surface area contributed by atoms with Crippen molar-refractivity contribution in [2.75, 3.05) is 0 Å². The minimum Gasteiger partial charge on any atom is -0.277 e. The summed E-state index contributed by atoms with van der Waals surface area (Å²) in [5.74, 6) is 0.510. The number of hydrogen-bond donors (Lipinski definition) is 0. The summed E-state index contributed by atoms with van der Waals surface area (Å²) in [6.45, 7) is 0.273. The monoisotopic (exact) mass is 334 g/mol. The van der Waals surface area contributed by atoms with Crippen molar-refractivity contribution in [1.82, 2.24) is 19.3 Å². The highest BCUT2D eigenvalue weighted by molar-refractivity contribution is 6.35. The van der Waals surface area contributed by atoms with Gasteiger partial charge in [0.05, 0.1) is 6.54 Å². The van der Waals surface area contributed by atoms with Gasteiger partial charge < -0.3 is 0 Å². The van der Waals surface area contributed by atoms with Crippen molar-refractivity contribution in [2.24, 2.45) is 7.05 Å². The highest BCUT2D eigenvalue weighted by Gasteiger charge is 2.14. The van der Waals surface area contributed by atoms with Crippen LogP contribution in [0.15, 0.2) is 47.4 Å². The van der Waals surface area contributed by atoms with Crippen LogP contribution in [0.5, 0.6) is 0 Å². The maximum absolute atomic E-state index is 12.3. The summed E-state index contributed by atoms with van der Waals surface area (Å²) in [6.07, 6.45) is 1.66. The van der Waals surface area contributed by atoms with Crippen LogP contribution < -0.4 is 5.69 Å². The predicted octanol–water partition coefficient (Wildman–Crippen LogP) is 3.00. The zero-order chi connectivity index (χ0) is 15.7. The van der Waals surface area contributed by atoms with Crippen LogP contribution in [0, 0.1) is 0 Å². The molecule has 0 aliphatic heterocycles. The van der Waals surface area contributed by atoms with Crippen molar-refractivity contribution >= 4 is 23.2 Å². The Bertz CT molecular complexity index is 871. The van der Waals surface area contributed by atoms with Crippen LogP contribution in [-0.4, -0.2) is 19.3 Å². The van der Waals surface area contributed by atoms with E-state index in [-0.39, 0.29) is 12.2 Å². The Kier molecular flexibility index (Phi) is 4.00. The maximum atomic E-state index is 12.3. The molecule has 7 heteroatoms. The van der Waals surface area contributed by atoms with Crippen LogP contribution in [0.2, 0.25) is 10.0 Å². The largest absolute Gasteiger partial charge is 0.346 e. The number of pyridine rings is 1. The van der Waals surface area contributed by atoms with E-state index in [4.69, 9.17) is 23.2 Å². The molecule has 0 saturated carbocycles. The van der Waals surface area contributed by atoms with Crippen molar-refractivity contribution in [3.63, 3.8) is 0 Å². The van der Waals surface area contributed by atoms with Gasteiger partial charge >= 0.3 is 5.69 Å². The molecule has 0 saturated heterocycles. The number of nitrogens with zero attached hydrogens (tertiary/aromatic N) is 4. The molecule has 112 valence electrons. The van der Waals surface area contributed by atoms with Crippen LogP contribution in [0.3, 0.4) is 0 Å². The second kappa shape index (κ2) is 5.94. The van der Waals surface area contributed by atoms with Crippen LogP contribution in [-0.2, 0) is 13.6 Å². The summed E-state index contributed by atoms with van der Waals surface area (Å²) in [5.41, 5.74) is 1.19. The van der Waals surface area contributed by atoms with E-state index >= 15 is 0 Å². The highest BCUT2D eigenvalue weighted by Crippen LogP contribution is 2.21. The summed E-state index contributed by atoms with van der Waals surface area (Å²) in [5, 5.41) is 5.41. The number of benzene rings is 1. The Morgan fingerprint density at radius 1 is 1.18 bits per heavy atom. The predicted molar refractivity (Wildman–Crippen MR) is 86.3 cm³/mol. The van der Waals surface area contributed by atoms with Gasteiger partial charge in [-0.3, -0.25) is 9.55 Å². The molecule has 0 bridgehead atoms. The van der Waals surface area contributed by atoms with Crippen molar-refractivity contribution in [1.29, 1.82) is 0 Å². The smallest absolute Gasteiger partial charge is 0.277 e. The molecule has 1 aromatic carbocycles. The lowest BCUT2D eigenvalue weighted by Crippen LogP contribution is -2.23.